The molecule has 3 aromatic rings. The van der Waals surface area contributed by atoms with Crippen LogP contribution in [0.3, 0.4) is 0 Å². The number of pyridine rings is 1. The fourth-order valence-electron chi connectivity index (χ4n) is 2.72. The summed E-state index contributed by atoms with van der Waals surface area (Å²) in [6, 6.07) is 21.7. The van der Waals surface area contributed by atoms with E-state index in [4.69, 9.17) is 0 Å². The predicted molar refractivity (Wildman–Crippen MR) is 95.8 cm³/mol. The van der Waals surface area contributed by atoms with Crippen molar-refractivity contribution in [2.45, 2.75) is 19.4 Å². The Hall–Kier alpha value is -2.94. The summed E-state index contributed by atoms with van der Waals surface area (Å²) < 4.78 is 0. The number of carbonyl (C=O) groups excluding carboxylic acids is 1. The van der Waals surface area contributed by atoms with Gasteiger partial charge in [-0.2, -0.15) is 0 Å². The van der Waals surface area contributed by atoms with Gasteiger partial charge < -0.3 is 5.32 Å². The van der Waals surface area contributed by atoms with Crippen molar-refractivity contribution in [2.75, 3.05) is 0 Å². The van der Waals surface area contributed by atoms with Gasteiger partial charge in [0, 0.05) is 18.0 Å². The molecule has 0 aliphatic heterocycles. The smallest absolute Gasteiger partial charge is 0.252 e. The zero-order valence-corrected chi connectivity index (χ0v) is 13.6. The second-order valence-electron chi connectivity index (χ2n) is 5.80. The van der Waals surface area contributed by atoms with Crippen molar-refractivity contribution >= 4 is 5.91 Å². The number of rotatable bonds is 5. The first-order valence-electron chi connectivity index (χ1n) is 8.06. The van der Waals surface area contributed by atoms with Gasteiger partial charge in [-0.15, -0.1) is 0 Å². The number of hydrogen-bond donors (Lipinski definition) is 1. The molecule has 120 valence electrons. The van der Waals surface area contributed by atoms with E-state index in [1.807, 2.05) is 61.5 Å². The van der Waals surface area contributed by atoms with E-state index < -0.39 is 0 Å². The number of aromatic nitrogens is 1. The summed E-state index contributed by atoms with van der Waals surface area (Å²) in [7, 11) is 0. The van der Waals surface area contributed by atoms with Crippen LogP contribution in [-0.2, 0) is 6.42 Å². The average molecular weight is 316 g/mol. The Morgan fingerprint density at radius 1 is 0.958 bits per heavy atom. The summed E-state index contributed by atoms with van der Waals surface area (Å²) in [5.41, 5.74) is 3.99. The molecule has 0 aliphatic rings. The highest BCUT2D eigenvalue weighted by molar-refractivity contribution is 5.96. The molecule has 0 bridgehead atoms. The number of benzene rings is 2. The van der Waals surface area contributed by atoms with Crippen LogP contribution in [0, 0.1) is 0 Å². The molecule has 3 rings (SSSR count). The van der Waals surface area contributed by atoms with Gasteiger partial charge in [0.05, 0.1) is 6.04 Å². The van der Waals surface area contributed by atoms with E-state index in [2.05, 4.69) is 22.4 Å². The van der Waals surface area contributed by atoms with Crippen molar-refractivity contribution in [3.63, 3.8) is 0 Å². The number of nitrogens with zero attached hydrogens (tertiary/aromatic N) is 1. The maximum Gasteiger partial charge on any atom is 0.252 e. The van der Waals surface area contributed by atoms with Gasteiger partial charge in [-0.05, 0) is 48.2 Å². The monoisotopic (exact) mass is 316 g/mol. The van der Waals surface area contributed by atoms with Crippen molar-refractivity contribution in [3.8, 4) is 0 Å². The fraction of sp³-hybridized carbons (Fsp3) is 0.143. The fourth-order valence-corrected chi connectivity index (χ4v) is 2.72. The van der Waals surface area contributed by atoms with Crippen LogP contribution < -0.4 is 5.32 Å². The van der Waals surface area contributed by atoms with E-state index in [0.29, 0.717) is 0 Å². The van der Waals surface area contributed by atoms with Crippen molar-refractivity contribution in [1.29, 1.82) is 0 Å². The van der Waals surface area contributed by atoms with Gasteiger partial charge in [-0.25, -0.2) is 0 Å². The predicted octanol–water partition coefficient (Wildman–Crippen LogP) is 4.16. The van der Waals surface area contributed by atoms with Gasteiger partial charge in [-0.1, -0.05) is 48.5 Å². The van der Waals surface area contributed by atoms with Crippen LogP contribution in [0.1, 0.15) is 40.0 Å². The molecule has 0 saturated carbocycles. The highest BCUT2D eigenvalue weighted by Gasteiger charge is 2.14. The van der Waals surface area contributed by atoms with Crippen LogP contribution >= 0.6 is 0 Å². The minimum absolute atomic E-state index is 0.0501. The average Bonchev–Trinajstić information content (AvgIpc) is 2.63. The largest absolute Gasteiger partial charge is 0.346 e. The van der Waals surface area contributed by atoms with Crippen molar-refractivity contribution in [2.24, 2.45) is 0 Å². The first-order chi connectivity index (χ1) is 11.7. The first kappa shape index (κ1) is 15.9. The molecule has 1 atom stereocenters. The van der Waals surface area contributed by atoms with E-state index >= 15 is 0 Å². The van der Waals surface area contributed by atoms with Crippen LogP contribution in [0.25, 0.3) is 0 Å². The summed E-state index contributed by atoms with van der Waals surface area (Å²) in [5.74, 6) is -0.0501. The minimum atomic E-state index is -0.0646. The van der Waals surface area contributed by atoms with Crippen molar-refractivity contribution in [1.82, 2.24) is 10.3 Å². The van der Waals surface area contributed by atoms with E-state index in [0.717, 1.165) is 23.1 Å². The van der Waals surface area contributed by atoms with Crippen LogP contribution in [0.15, 0.2) is 79.1 Å². The van der Waals surface area contributed by atoms with Gasteiger partial charge in [-0.3, -0.25) is 9.78 Å². The van der Waals surface area contributed by atoms with Gasteiger partial charge in [0.1, 0.15) is 0 Å². The summed E-state index contributed by atoms with van der Waals surface area (Å²) in [4.78, 5) is 16.7. The third kappa shape index (κ3) is 3.87. The topological polar surface area (TPSA) is 42.0 Å². The van der Waals surface area contributed by atoms with E-state index in [1.165, 1.54) is 5.56 Å². The van der Waals surface area contributed by atoms with Crippen LogP contribution in [0.5, 0.6) is 0 Å². The molecule has 1 heterocycles. The zero-order chi connectivity index (χ0) is 16.8. The number of carbonyl (C=O) groups is 1. The number of amides is 1. The molecule has 24 heavy (non-hydrogen) atoms. The number of hydrogen-bond acceptors (Lipinski definition) is 2. The quantitative estimate of drug-likeness (QED) is 0.768. The second kappa shape index (κ2) is 7.55. The van der Waals surface area contributed by atoms with E-state index in [9.17, 15) is 4.79 Å². The molecule has 3 heteroatoms. The molecule has 0 radical (unpaired) electrons. The second-order valence-corrected chi connectivity index (χ2v) is 5.80. The van der Waals surface area contributed by atoms with Crippen LogP contribution in [0.4, 0.5) is 0 Å². The lowest BCUT2D eigenvalue weighted by Crippen LogP contribution is -2.27. The molecule has 0 spiro atoms. The lowest BCUT2D eigenvalue weighted by Gasteiger charge is -2.16. The highest BCUT2D eigenvalue weighted by atomic mass is 16.1. The lowest BCUT2D eigenvalue weighted by atomic mass is 9.99. The Balaban J connectivity index is 1.78. The first-order valence-corrected chi connectivity index (χ1v) is 8.06. The van der Waals surface area contributed by atoms with Gasteiger partial charge in [0.2, 0.25) is 0 Å². The molecular weight excluding hydrogens is 296 g/mol. The van der Waals surface area contributed by atoms with Crippen LogP contribution in [-0.4, -0.2) is 10.9 Å². The normalized spacial score (nSPS) is 11.7. The molecule has 2 aromatic carbocycles. The molecule has 1 unspecified atom stereocenters. The van der Waals surface area contributed by atoms with Crippen molar-refractivity contribution in [3.05, 3.63) is 101 Å². The maximum absolute atomic E-state index is 12.7. The van der Waals surface area contributed by atoms with Gasteiger partial charge >= 0.3 is 0 Å². The SMILES string of the molecule is CC(NC(=O)c1ccccc1Cc1ccccc1)c1ccncc1. The molecular formula is C21H20N2O. The van der Waals surface area contributed by atoms with Gasteiger partial charge in [0.15, 0.2) is 0 Å². The lowest BCUT2D eigenvalue weighted by molar-refractivity contribution is 0.0939. The third-order valence-corrected chi connectivity index (χ3v) is 4.05. The Kier molecular flexibility index (Phi) is 5.02. The molecule has 1 N–H and O–H groups in total. The van der Waals surface area contributed by atoms with E-state index in [1.54, 1.807) is 12.4 Å². The third-order valence-electron chi connectivity index (χ3n) is 4.05. The van der Waals surface area contributed by atoms with Crippen LogP contribution in [0.2, 0.25) is 0 Å². The summed E-state index contributed by atoms with van der Waals surface area (Å²) >= 11 is 0. The Bertz CT molecular complexity index is 800. The maximum atomic E-state index is 12.7. The molecule has 0 fully saturated rings. The Labute approximate surface area is 142 Å². The molecule has 3 nitrogen and oxygen atoms in total. The molecule has 0 saturated heterocycles. The standard InChI is InChI=1S/C21H20N2O/c1-16(18-11-13-22-14-12-18)23-21(24)20-10-6-5-9-19(20)15-17-7-3-2-4-8-17/h2-14,16H,15H2,1H3,(H,23,24). The highest BCUT2D eigenvalue weighted by Crippen LogP contribution is 2.17. The molecule has 0 aliphatic carbocycles. The number of nitrogens with one attached hydrogen (secondary N) is 1. The minimum Gasteiger partial charge on any atom is -0.346 e. The van der Waals surface area contributed by atoms with Gasteiger partial charge in [0.25, 0.3) is 5.91 Å². The molecule has 1 amide bonds. The Morgan fingerprint density at radius 2 is 1.62 bits per heavy atom. The summed E-state index contributed by atoms with van der Waals surface area (Å²) in [6.07, 6.45) is 4.22. The summed E-state index contributed by atoms with van der Waals surface area (Å²) in [6.45, 7) is 1.98. The van der Waals surface area contributed by atoms with Crippen molar-refractivity contribution < 1.29 is 4.79 Å². The van der Waals surface area contributed by atoms with E-state index in [-0.39, 0.29) is 11.9 Å². The zero-order valence-electron chi connectivity index (χ0n) is 13.6. The summed E-state index contributed by atoms with van der Waals surface area (Å²) in [5, 5.41) is 3.07. The molecule has 1 aromatic heterocycles. The Morgan fingerprint density at radius 3 is 2.38 bits per heavy atom.